The highest BCUT2D eigenvalue weighted by molar-refractivity contribution is 5.75. The Kier molecular flexibility index (Phi) is 4.08. The molecule has 1 fully saturated rings. The minimum absolute atomic E-state index is 0.167. The van der Waals surface area contributed by atoms with Gasteiger partial charge in [0.05, 0.1) is 0 Å². The van der Waals surface area contributed by atoms with Crippen molar-refractivity contribution in [3.8, 4) is 0 Å². The molecule has 1 amide bonds. The van der Waals surface area contributed by atoms with Gasteiger partial charge >= 0.3 is 0 Å². The highest BCUT2D eigenvalue weighted by atomic mass is 16.1. The normalized spacial score (nSPS) is 23.6. The van der Waals surface area contributed by atoms with Crippen molar-refractivity contribution >= 4 is 5.91 Å². The van der Waals surface area contributed by atoms with Crippen LogP contribution in [0.3, 0.4) is 0 Å². The van der Waals surface area contributed by atoms with E-state index in [4.69, 9.17) is 0 Å². The summed E-state index contributed by atoms with van der Waals surface area (Å²) in [4.78, 5) is 10.9. The molecule has 0 radical (unpaired) electrons. The van der Waals surface area contributed by atoms with E-state index in [-0.39, 0.29) is 5.91 Å². The third kappa shape index (κ3) is 3.22. The van der Waals surface area contributed by atoms with E-state index in [9.17, 15) is 4.79 Å². The van der Waals surface area contributed by atoms with Crippen molar-refractivity contribution in [2.45, 2.75) is 26.2 Å². The number of piperidine rings is 1. The van der Waals surface area contributed by atoms with Crippen molar-refractivity contribution in [2.24, 2.45) is 5.92 Å². The van der Waals surface area contributed by atoms with Gasteiger partial charge in [-0.1, -0.05) is 6.92 Å². The summed E-state index contributed by atoms with van der Waals surface area (Å²) in [6.45, 7) is 4.93. The Bertz CT molecular complexity index is 141. The van der Waals surface area contributed by atoms with Crippen molar-refractivity contribution in [1.82, 2.24) is 10.6 Å². The lowest BCUT2D eigenvalue weighted by Gasteiger charge is -2.22. The van der Waals surface area contributed by atoms with Crippen LogP contribution in [0.15, 0.2) is 0 Å². The van der Waals surface area contributed by atoms with Gasteiger partial charge in [-0.05, 0) is 31.8 Å². The van der Waals surface area contributed by atoms with E-state index in [0.717, 1.165) is 19.6 Å². The monoisotopic (exact) mass is 170 g/mol. The van der Waals surface area contributed by atoms with Crippen LogP contribution in [0.1, 0.15) is 26.2 Å². The average Bonchev–Trinajstić information content (AvgIpc) is 2.16. The van der Waals surface area contributed by atoms with Gasteiger partial charge in [0.15, 0.2) is 0 Å². The highest BCUT2D eigenvalue weighted by Crippen LogP contribution is 2.07. The van der Waals surface area contributed by atoms with E-state index in [1.54, 1.807) is 0 Å². The molecule has 1 aliphatic heterocycles. The van der Waals surface area contributed by atoms with Gasteiger partial charge in [0.1, 0.15) is 0 Å². The van der Waals surface area contributed by atoms with Crippen LogP contribution < -0.4 is 10.6 Å². The van der Waals surface area contributed by atoms with Gasteiger partial charge in [-0.15, -0.1) is 0 Å². The lowest BCUT2D eigenvalue weighted by molar-refractivity contribution is -0.120. The molecule has 3 heteroatoms. The molecule has 70 valence electrons. The van der Waals surface area contributed by atoms with Crippen LogP contribution >= 0.6 is 0 Å². The van der Waals surface area contributed by atoms with Gasteiger partial charge in [-0.25, -0.2) is 0 Å². The van der Waals surface area contributed by atoms with E-state index in [1.807, 2.05) is 6.92 Å². The second-order valence-corrected chi connectivity index (χ2v) is 3.37. The van der Waals surface area contributed by atoms with Crippen LogP contribution in [-0.4, -0.2) is 25.5 Å². The quantitative estimate of drug-likeness (QED) is 0.648. The zero-order valence-corrected chi connectivity index (χ0v) is 7.73. The Morgan fingerprint density at radius 3 is 3.08 bits per heavy atom. The first-order chi connectivity index (χ1) is 5.83. The van der Waals surface area contributed by atoms with Crippen molar-refractivity contribution in [2.75, 3.05) is 19.6 Å². The van der Waals surface area contributed by atoms with E-state index in [1.165, 1.54) is 12.8 Å². The number of hydrogen-bond donors (Lipinski definition) is 2. The predicted molar refractivity (Wildman–Crippen MR) is 48.9 cm³/mol. The molecule has 12 heavy (non-hydrogen) atoms. The van der Waals surface area contributed by atoms with Crippen LogP contribution in [0.25, 0.3) is 0 Å². The minimum atomic E-state index is 0.167. The fraction of sp³-hybridized carbons (Fsp3) is 0.889. The molecule has 0 saturated carbocycles. The van der Waals surface area contributed by atoms with Gasteiger partial charge in [-0.2, -0.15) is 0 Å². The fourth-order valence-corrected chi connectivity index (χ4v) is 1.48. The van der Waals surface area contributed by atoms with Crippen LogP contribution in [0.4, 0.5) is 0 Å². The molecular weight excluding hydrogens is 152 g/mol. The topological polar surface area (TPSA) is 41.1 Å². The number of carbonyl (C=O) groups is 1. The third-order valence-electron chi connectivity index (χ3n) is 2.31. The first-order valence-corrected chi connectivity index (χ1v) is 4.80. The number of carbonyl (C=O) groups excluding carboxylic acids is 1. The van der Waals surface area contributed by atoms with Crippen molar-refractivity contribution < 1.29 is 4.79 Å². The summed E-state index contributed by atoms with van der Waals surface area (Å²) >= 11 is 0. The Morgan fingerprint density at radius 2 is 2.50 bits per heavy atom. The molecule has 0 bridgehead atoms. The maximum absolute atomic E-state index is 10.9. The van der Waals surface area contributed by atoms with Gasteiger partial charge in [0.2, 0.25) is 5.91 Å². The summed E-state index contributed by atoms with van der Waals surface area (Å²) < 4.78 is 0. The first-order valence-electron chi connectivity index (χ1n) is 4.80. The molecule has 0 aromatic heterocycles. The van der Waals surface area contributed by atoms with E-state index in [0.29, 0.717) is 12.3 Å². The summed E-state index contributed by atoms with van der Waals surface area (Å²) in [6, 6.07) is 0. The molecule has 1 rings (SSSR count). The van der Waals surface area contributed by atoms with Crippen molar-refractivity contribution in [3.63, 3.8) is 0 Å². The zero-order valence-electron chi connectivity index (χ0n) is 7.73. The molecule has 1 saturated heterocycles. The van der Waals surface area contributed by atoms with Gasteiger partial charge < -0.3 is 10.6 Å². The molecule has 0 aliphatic carbocycles. The van der Waals surface area contributed by atoms with E-state index < -0.39 is 0 Å². The molecule has 1 aliphatic rings. The van der Waals surface area contributed by atoms with E-state index >= 15 is 0 Å². The highest BCUT2D eigenvalue weighted by Gasteiger charge is 2.12. The fourth-order valence-electron chi connectivity index (χ4n) is 1.48. The zero-order chi connectivity index (χ0) is 8.81. The van der Waals surface area contributed by atoms with Gasteiger partial charge in [0, 0.05) is 13.0 Å². The van der Waals surface area contributed by atoms with Crippen LogP contribution in [0.5, 0.6) is 0 Å². The maximum Gasteiger partial charge on any atom is 0.219 e. The molecule has 3 nitrogen and oxygen atoms in total. The van der Waals surface area contributed by atoms with Crippen molar-refractivity contribution in [1.29, 1.82) is 0 Å². The third-order valence-corrected chi connectivity index (χ3v) is 2.31. The van der Waals surface area contributed by atoms with Gasteiger partial charge in [-0.3, -0.25) is 4.79 Å². The van der Waals surface area contributed by atoms with Crippen LogP contribution in [-0.2, 0) is 4.79 Å². The predicted octanol–water partition coefficient (Wildman–Crippen LogP) is 0.512. The standard InChI is InChI=1S/C9H18N2O/c1-2-9(12)11-7-8-4-3-5-10-6-8/h8,10H,2-7H2,1H3,(H,11,12)/t8-/m1/s1. The number of amides is 1. The summed E-state index contributed by atoms with van der Waals surface area (Å²) in [7, 11) is 0. The van der Waals surface area contributed by atoms with E-state index in [2.05, 4.69) is 10.6 Å². The summed E-state index contributed by atoms with van der Waals surface area (Å²) in [5, 5.41) is 6.25. The van der Waals surface area contributed by atoms with Crippen molar-refractivity contribution in [3.05, 3.63) is 0 Å². The Hall–Kier alpha value is -0.570. The Morgan fingerprint density at radius 1 is 1.67 bits per heavy atom. The maximum atomic E-state index is 10.9. The molecule has 2 N–H and O–H groups in total. The summed E-state index contributed by atoms with van der Waals surface area (Å²) in [6.07, 6.45) is 3.09. The largest absolute Gasteiger partial charge is 0.356 e. The smallest absolute Gasteiger partial charge is 0.219 e. The molecule has 0 aromatic rings. The molecular formula is C9H18N2O. The summed E-state index contributed by atoms with van der Waals surface area (Å²) in [5.74, 6) is 0.815. The van der Waals surface area contributed by atoms with Crippen LogP contribution in [0, 0.1) is 5.92 Å². The summed E-state index contributed by atoms with van der Waals surface area (Å²) in [5.41, 5.74) is 0. The van der Waals surface area contributed by atoms with Crippen LogP contribution in [0.2, 0.25) is 0 Å². The molecule has 0 spiro atoms. The molecule has 0 aromatic carbocycles. The van der Waals surface area contributed by atoms with Gasteiger partial charge in [0.25, 0.3) is 0 Å². The second-order valence-electron chi connectivity index (χ2n) is 3.37. The SMILES string of the molecule is CCC(=O)NC[C@@H]1CCCNC1. The Labute approximate surface area is 73.9 Å². The first kappa shape index (κ1) is 9.52. The molecule has 1 atom stereocenters. The molecule has 1 heterocycles. The number of rotatable bonds is 3. The number of hydrogen-bond acceptors (Lipinski definition) is 2. The molecule has 0 unspecified atom stereocenters. The minimum Gasteiger partial charge on any atom is -0.356 e. The Balaban J connectivity index is 2.09. The average molecular weight is 170 g/mol. The second kappa shape index (κ2) is 5.14. The number of nitrogens with one attached hydrogen (secondary N) is 2. The lowest BCUT2D eigenvalue weighted by Crippen LogP contribution is -2.37. The lowest BCUT2D eigenvalue weighted by atomic mass is 10.00.